The molecule has 2 heterocycles. The minimum absolute atomic E-state index is 0.123. The first-order valence-corrected chi connectivity index (χ1v) is 7.02. The molecule has 0 aliphatic carbocycles. The molecule has 0 aromatic rings. The number of ether oxygens (including phenoxy) is 1. The molecule has 5 heteroatoms. The molecule has 2 saturated heterocycles. The summed E-state index contributed by atoms with van der Waals surface area (Å²) in [6, 6.07) is 0.631. The Hall–Kier alpha value is -0.910. The van der Waals surface area contributed by atoms with Crippen LogP contribution in [0.5, 0.6) is 0 Å². The minimum atomic E-state index is 0.123. The molecular weight excluding hydrogens is 242 g/mol. The first-order valence-electron chi connectivity index (χ1n) is 7.02. The smallest absolute Gasteiger partial charge is 0.250 e. The van der Waals surface area contributed by atoms with Crippen LogP contribution in [-0.4, -0.2) is 86.7 Å². The molecule has 2 aliphatic heterocycles. The zero-order valence-electron chi connectivity index (χ0n) is 12.3. The zero-order valence-corrected chi connectivity index (χ0v) is 12.3. The maximum Gasteiger partial charge on any atom is 0.250 e. The third kappa shape index (κ3) is 3.55. The highest BCUT2D eigenvalue weighted by Crippen LogP contribution is 2.14. The predicted molar refractivity (Wildman–Crippen MR) is 75.1 cm³/mol. The Balaban J connectivity index is 1.79. The Labute approximate surface area is 115 Å². The van der Waals surface area contributed by atoms with E-state index in [2.05, 4.69) is 9.80 Å². The summed E-state index contributed by atoms with van der Waals surface area (Å²) in [4.78, 5) is 18.5. The highest BCUT2D eigenvalue weighted by atomic mass is 16.5. The van der Waals surface area contributed by atoms with E-state index in [1.54, 1.807) is 19.0 Å². The van der Waals surface area contributed by atoms with Crippen LogP contribution in [0, 0.1) is 0 Å². The maximum absolute atomic E-state index is 12.0. The number of piperazine rings is 1. The van der Waals surface area contributed by atoms with Gasteiger partial charge in [-0.25, -0.2) is 0 Å². The number of allylic oxidation sites excluding steroid dienone is 1. The van der Waals surface area contributed by atoms with E-state index < -0.39 is 0 Å². The second-order valence-corrected chi connectivity index (χ2v) is 5.52. The standard InChI is InChI=1S/C14H25N3O2/c1-4-12(14(18)15(2)3)9-16-5-7-17(8-6-16)13-10-19-11-13/h4,13H,5-11H2,1-3H3/b12-4+. The molecule has 108 valence electrons. The molecule has 2 aliphatic rings. The van der Waals surface area contributed by atoms with Crippen LogP contribution in [0.25, 0.3) is 0 Å². The average molecular weight is 267 g/mol. The normalized spacial score (nSPS) is 23.2. The number of nitrogens with zero attached hydrogens (tertiary/aromatic N) is 3. The quantitative estimate of drug-likeness (QED) is 0.674. The van der Waals surface area contributed by atoms with Crippen LogP contribution in [-0.2, 0) is 9.53 Å². The van der Waals surface area contributed by atoms with Crippen LogP contribution in [0.4, 0.5) is 0 Å². The number of rotatable bonds is 4. The molecule has 1 amide bonds. The predicted octanol–water partition coefficient (Wildman–Crippen LogP) is 0.0373. The number of likely N-dealkylation sites (N-methyl/N-ethyl adjacent to an activating group) is 1. The minimum Gasteiger partial charge on any atom is -0.378 e. The third-order valence-corrected chi connectivity index (χ3v) is 3.97. The van der Waals surface area contributed by atoms with E-state index in [1.165, 1.54) is 0 Å². The topological polar surface area (TPSA) is 36.0 Å². The maximum atomic E-state index is 12.0. The summed E-state index contributed by atoms with van der Waals surface area (Å²) >= 11 is 0. The van der Waals surface area contributed by atoms with Gasteiger partial charge >= 0.3 is 0 Å². The molecule has 0 aromatic carbocycles. The van der Waals surface area contributed by atoms with E-state index in [0.29, 0.717) is 6.04 Å². The highest BCUT2D eigenvalue weighted by Gasteiger charge is 2.29. The van der Waals surface area contributed by atoms with Gasteiger partial charge in [0.1, 0.15) is 0 Å². The second-order valence-electron chi connectivity index (χ2n) is 5.52. The summed E-state index contributed by atoms with van der Waals surface area (Å²) in [7, 11) is 3.61. The Morgan fingerprint density at radius 3 is 2.32 bits per heavy atom. The molecule has 0 radical (unpaired) electrons. The Kier molecular flexibility index (Phi) is 4.96. The van der Waals surface area contributed by atoms with Crippen molar-refractivity contribution in [2.75, 3.05) is 60.0 Å². The molecule has 5 nitrogen and oxygen atoms in total. The molecule has 0 N–H and O–H groups in total. The van der Waals surface area contributed by atoms with Gasteiger partial charge in [0.25, 0.3) is 0 Å². The Bertz CT molecular complexity index is 343. The first kappa shape index (κ1) is 14.5. The van der Waals surface area contributed by atoms with Gasteiger partial charge in [0.2, 0.25) is 5.91 Å². The van der Waals surface area contributed by atoms with Crippen molar-refractivity contribution in [3.63, 3.8) is 0 Å². The lowest BCUT2D eigenvalue weighted by molar-refractivity contribution is -0.125. The number of hydrogen-bond acceptors (Lipinski definition) is 4. The lowest BCUT2D eigenvalue weighted by atomic mass is 10.1. The summed E-state index contributed by atoms with van der Waals surface area (Å²) in [5.74, 6) is 0.123. The molecule has 0 atom stereocenters. The monoisotopic (exact) mass is 267 g/mol. The number of carbonyl (C=O) groups excluding carboxylic acids is 1. The van der Waals surface area contributed by atoms with Crippen molar-refractivity contribution in [3.8, 4) is 0 Å². The van der Waals surface area contributed by atoms with Crippen molar-refractivity contribution in [3.05, 3.63) is 11.6 Å². The van der Waals surface area contributed by atoms with Crippen molar-refractivity contribution >= 4 is 5.91 Å². The molecule has 0 spiro atoms. The van der Waals surface area contributed by atoms with Gasteiger partial charge in [0.15, 0.2) is 0 Å². The summed E-state index contributed by atoms with van der Waals surface area (Å²) in [5.41, 5.74) is 0.894. The third-order valence-electron chi connectivity index (χ3n) is 3.97. The van der Waals surface area contributed by atoms with Crippen molar-refractivity contribution in [2.24, 2.45) is 0 Å². The highest BCUT2D eigenvalue weighted by molar-refractivity contribution is 5.93. The SMILES string of the molecule is C/C=C(\CN1CCN(C2COC2)CC1)C(=O)N(C)C. The molecule has 2 rings (SSSR count). The van der Waals surface area contributed by atoms with Gasteiger partial charge in [-0.15, -0.1) is 0 Å². The Morgan fingerprint density at radius 2 is 1.89 bits per heavy atom. The molecule has 0 saturated carbocycles. The van der Waals surface area contributed by atoms with Crippen molar-refractivity contribution in [2.45, 2.75) is 13.0 Å². The lowest BCUT2D eigenvalue weighted by Gasteiger charge is -2.42. The number of carbonyl (C=O) groups is 1. The number of hydrogen-bond donors (Lipinski definition) is 0. The van der Waals surface area contributed by atoms with Crippen LogP contribution >= 0.6 is 0 Å². The molecule has 2 fully saturated rings. The lowest BCUT2D eigenvalue weighted by Crippen LogP contribution is -2.56. The van der Waals surface area contributed by atoms with E-state index in [4.69, 9.17) is 4.74 Å². The molecule has 0 aromatic heterocycles. The van der Waals surface area contributed by atoms with Crippen LogP contribution in [0.3, 0.4) is 0 Å². The molecule has 19 heavy (non-hydrogen) atoms. The molecule has 0 unspecified atom stereocenters. The van der Waals surface area contributed by atoms with Gasteiger partial charge in [-0.3, -0.25) is 14.6 Å². The summed E-state index contributed by atoms with van der Waals surface area (Å²) in [6.07, 6.45) is 1.94. The molecule has 0 bridgehead atoms. The van der Waals surface area contributed by atoms with Gasteiger partial charge in [-0.2, -0.15) is 0 Å². The summed E-state index contributed by atoms with van der Waals surface area (Å²) in [5, 5.41) is 0. The fourth-order valence-electron chi connectivity index (χ4n) is 2.53. The molecular formula is C14H25N3O2. The van der Waals surface area contributed by atoms with E-state index in [0.717, 1.165) is 51.5 Å². The van der Waals surface area contributed by atoms with Crippen molar-refractivity contribution in [1.29, 1.82) is 0 Å². The van der Waals surface area contributed by atoms with Crippen molar-refractivity contribution in [1.82, 2.24) is 14.7 Å². The van der Waals surface area contributed by atoms with Gasteiger partial charge in [-0.05, 0) is 6.92 Å². The van der Waals surface area contributed by atoms with Crippen LogP contribution in [0.2, 0.25) is 0 Å². The summed E-state index contributed by atoms with van der Waals surface area (Å²) in [6.45, 7) is 8.73. The van der Waals surface area contributed by atoms with E-state index >= 15 is 0 Å². The van der Waals surface area contributed by atoms with Gasteiger partial charge < -0.3 is 9.64 Å². The Morgan fingerprint density at radius 1 is 1.26 bits per heavy atom. The van der Waals surface area contributed by atoms with Crippen molar-refractivity contribution < 1.29 is 9.53 Å². The van der Waals surface area contributed by atoms with Gasteiger partial charge in [-0.1, -0.05) is 6.08 Å². The largest absolute Gasteiger partial charge is 0.378 e. The van der Waals surface area contributed by atoms with Crippen LogP contribution in [0.1, 0.15) is 6.92 Å². The van der Waals surface area contributed by atoms with E-state index in [-0.39, 0.29) is 5.91 Å². The first-order chi connectivity index (χ1) is 9.11. The fraction of sp³-hybridized carbons (Fsp3) is 0.786. The van der Waals surface area contributed by atoms with Crippen LogP contribution < -0.4 is 0 Å². The number of amides is 1. The van der Waals surface area contributed by atoms with Crippen LogP contribution in [0.15, 0.2) is 11.6 Å². The average Bonchev–Trinajstić information content (AvgIpc) is 2.35. The fourth-order valence-corrected chi connectivity index (χ4v) is 2.53. The van der Waals surface area contributed by atoms with Gasteiger partial charge in [0.05, 0.1) is 19.3 Å². The van der Waals surface area contributed by atoms with E-state index in [1.807, 2.05) is 13.0 Å². The zero-order chi connectivity index (χ0) is 13.8. The second kappa shape index (κ2) is 6.50. The van der Waals surface area contributed by atoms with E-state index in [9.17, 15) is 4.79 Å². The van der Waals surface area contributed by atoms with Gasteiger partial charge in [0, 0.05) is 52.4 Å². The summed E-state index contributed by atoms with van der Waals surface area (Å²) < 4.78 is 5.24.